The highest BCUT2D eigenvalue weighted by molar-refractivity contribution is 6.06. The molecule has 1 aliphatic rings. The van der Waals surface area contributed by atoms with Crippen molar-refractivity contribution in [3.8, 4) is 0 Å². The van der Waals surface area contributed by atoms with Crippen LogP contribution in [0.4, 0.5) is 5.95 Å². The molecule has 4 aromatic rings. The molecule has 0 N–H and O–H groups in total. The molecule has 24 heavy (non-hydrogen) atoms. The van der Waals surface area contributed by atoms with E-state index in [1.54, 1.807) is 4.90 Å². The first-order valence-electron chi connectivity index (χ1n) is 7.95. The third kappa shape index (κ3) is 1.68. The molecule has 0 fully saturated rings. The molecule has 0 spiro atoms. The minimum absolute atomic E-state index is 0.0553. The Morgan fingerprint density at radius 3 is 2.79 bits per heavy atom. The van der Waals surface area contributed by atoms with Gasteiger partial charge < -0.3 is 4.57 Å². The number of amides is 1. The smallest absolute Gasteiger partial charge is 0.279 e. The SMILES string of the molecule is Cc1nc2ccccn2c1C(=O)N1CCn2c1nc1ccccc12. The second-order valence-electron chi connectivity index (χ2n) is 5.98. The molecule has 0 atom stereocenters. The number of pyridine rings is 1. The molecular weight excluding hydrogens is 302 g/mol. The summed E-state index contributed by atoms with van der Waals surface area (Å²) < 4.78 is 3.95. The maximum atomic E-state index is 13.2. The van der Waals surface area contributed by atoms with Crippen molar-refractivity contribution in [1.29, 1.82) is 0 Å². The molecule has 1 aromatic carbocycles. The van der Waals surface area contributed by atoms with Crippen LogP contribution in [0, 0.1) is 6.92 Å². The van der Waals surface area contributed by atoms with Gasteiger partial charge in [-0.15, -0.1) is 0 Å². The van der Waals surface area contributed by atoms with Gasteiger partial charge in [0.2, 0.25) is 5.95 Å². The number of hydrogen-bond acceptors (Lipinski definition) is 3. The summed E-state index contributed by atoms with van der Waals surface area (Å²) in [5, 5.41) is 0. The lowest BCUT2D eigenvalue weighted by Crippen LogP contribution is -2.31. The first-order chi connectivity index (χ1) is 11.7. The zero-order valence-corrected chi connectivity index (χ0v) is 13.2. The molecule has 6 nitrogen and oxygen atoms in total. The van der Waals surface area contributed by atoms with Gasteiger partial charge in [0.05, 0.1) is 16.7 Å². The van der Waals surface area contributed by atoms with Gasteiger partial charge in [-0.3, -0.25) is 14.1 Å². The average molecular weight is 317 g/mol. The van der Waals surface area contributed by atoms with Crippen molar-refractivity contribution in [1.82, 2.24) is 18.9 Å². The average Bonchev–Trinajstić information content (AvgIpc) is 3.24. The highest BCUT2D eigenvalue weighted by atomic mass is 16.2. The fourth-order valence-corrected chi connectivity index (χ4v) is 3.48. The quantitative estimate of drug-likeness (QED) is 0.542. The van der Waals surface area contributed by atoms with Crippen LogP contribution in [0.15, 0.2) is 48.7 Å². The Balaban J connectivity index is 1.66. The second-order valence-corrected chi connectivity index (χ2v) is 5.98. The molecule has 0 radical (unpaired) electrons. The molecule has 1 aliphatic heterocycles. The van der Waals surface area contributed by atoms with Gasteiger partial charge >= 0.3 is 0 Å². The van der Waals surface area contributed by atoms with Crippen molar-refractivity contribution < 1.29 is 4.79 Å². The molecule has 1 amide bonds. The van der Waals surface area contributed by atoms with Crippen LogP contribution in [0.5, 0.6) is 0 Å². The molecule has 5 rings (SSSR count). The minimum atomic E-state index is -0.0553. The lowest BCUT2D eigenvalue weighted by molar-refractivity contribution is 0.0982. The summed E-state index contributed by atoms with van der Waals surface area (Å²) in [7, 11) is 0. The summed E-state index contributed by atoms with van der Waals surface area (Å²) in [6, 6.07) is 13.7. The molecule has 0 saturated carbocycles. The molecule has 0 saturated heterocycles. The van der Waals surface area contributed by atoms with Crippen LogP contribution in [0.1, 0.15) is 16.2 Å². The molecule has 4 heterocycles. The number of imidazole rings is 2. The number of aryl methyl sites for hydroxylation is 1. The monoisotopic (exact) mass is 317 g/mol. The van der Waals surface area contributed by atoms with Crippen LogP contribution in [0.25, 0.3) is 16.7 Å². The number of para-hydroxylation sites is 2. The van der Waals surface area contributed by atoms with Gasteiger partial charge in [0.1, 0.15) is 11.3 Å². The highest BCUT2D eigenvalue weighted by Gasteiger charge is 2.31. The number of carbonyl (C=O) groups excluding carboxylic acids is 1. The molecule has 0 bridgehead atoms. The van der Waals surface area contributed by atoms with E-state index < -0.39 is 0 Å². The van der Waals surface area contributed by atoms with Gasteiger partial charge in [0.15, 0.2) is 0 Å². The zero-order valence-electron chi connectivity index (χ0n) is 13.2. The summed E-state index contributed by atoms with van der Waals surface area (Å²) in [6.45, 7) is 3.27. The Kier molecular flexibility index (Phi) is 2.59. The normalized spacial score (nSPS) is 13.8. The van der Waals surface area contributed by atoms with E-state index in [1.165, 1.54) is 0 Å². The van der Waals surface area contributed by atoms with Gasteiger partial charge in [0, 0.05) is 19.3 Å². The van der Waals surface area contributed by atoms with Crippen LogP contribution < -0.4 is 4.90 Å². The summed E-state index contributed by atoms with van der Waals surface area (Å²) in [5.74, 6) is 0.659. The van der Waals surface area contributed by atoms with E-state index >= 15 is 0 Å². The van der Waals surface area contributed by atoms with E-state index in [0.29, 0.717) is 18.2 Å². The van der Waals surface area contributed by atoms with Crippen molar-refractivity contribution in [2.24, 2.45) is 0 Å². The zero-order chi connectivity index (χ0) is 16.3. The van der Waals surface area contributed by atoms with Crippen LogP contribution in [-0.4, -0.2) is 31.4 Å². The Morgan fingerprint density at radius 2 is 1.88 bits per heavy atom. The molecule has 118 valence electrons. The first kappa shape index (κ1) is 13.3. The van der Waals surface area contributed by atoms with Crippen LogP contribution in [0.2, 0.25) is 0 Å². The Morgan fingerprint density at radius 1 is 1.04 bits per heavy atom. The van der Waals surface area contributed by atoms with Crippen molar-refractivity contribution >= 4 is 28.5 Å². The summed E-state index contributed by atoms with van der Waals surface area (Å²) in [4.78, 5) is 24.1. The van der Waals surface area contributed by atoms with E-state index in [1.807, 2.05) is 60.0 Å². The van der Waals surface area contributed by atoms with Crippen molar-refractivity contribution in [2.75, 3.05) is 11.4 Å². The molecular formula is C18H15N5O. The maximum absolute atomic E-state index is 13.2. The molecule has 0 unspecified atom stereocenters. The minimum Gasteiger partial charge on any atom is -0.308 e. The number of fused-ring (bicyclic) bond motifs is 4. The van der Waals surface area contributed by atoms with Gasteiger partial charge in [-0.05, 0) is 31.2 Å². The maximum Gasteiger partial charge on any atom is 0.279 e. The fourth-order valence-electron chi connectivity index (χ4n) is 3.48. The third-order valence-electron chi connectivity index (χ3n) is 4.57. The largest absolute Gasteiger partial charge is 0.308 e. The number of hydrogen-bond donors (Lipinski definition) is 0. The van der Waals surface area contributed by atoms with E-state index in [4.69, 9.17) is 0 Å². The molecule has 3 aromatic heterocycles. The lowest BCUT2D eigenvalue weighted by Gasteiger charge is -2.14. The van der Waals surface area contributed by atoms with Crippen molar-refractivity contribution in [2.45, 2.75) is 13.5 Å². The number of nitrogens with zero attached hydrogens (tertiary/aromatic N) is 5. The van der Waals surface area contributed by atoms with E-state index in [-0.39, 0.29) is 5.91 Å². The van der Waals surface area contributed by atoms with Crippen LogP contribution >= 0.6 is 0 Å². The van der Waals surface area contributed by atoms with Gasteiger partial charge in [0.25, 0.3) is 5.91 Å². The number of benzene rings is 1. The van der Waals surface area contributed by atoms with Crippen molar-refractivity contribution in [3.05, 3.63) is 60.0 Å². The fraction of sp³-hybridized carbons (Fsp3) is 0.167. The van der Waals surface area contributed by atoms with Gasteiger partial charge in [-0.25, -0.2) is 9.97 Å². The Labute approximate surface area is 138 Å². The number of anilines is 1. The highest BCUT2D eigenvalue weighted by Crippen LogP contribution is 2.29. The van der Waals surface area contributed by atoms with Crippen LogP contribution in [-0.2, 0) is 6.54 Å². The standard InChI is InChI=1S/C18H15N5O/c1-12-16(22-9-5-4-8-15(22)19-12)17(24)23-11-10-21-14-7-3-2-6-13(14)20-18(21)23/h2-9H,10-11H2,1H3. The summed E-state index contributed by atoms with van der Waals surface area (Å²) in [5.41, 5.74) is 4.11. The topological polar surface area (TPSA) is 55.4 Å². The summed E-state index contributed by atoms with van der Waals surface area (Å²) in [6.07, 6.45) is 1.88. The predicted molar refractivity (Wildman–Crippen MR) is 91.3 cm³/mol. The third-order valence-corrected chi connectivity index (χ3v) is 4.57. The summed E-state index contributed by atoms with van der Waals surface area (Å²) >= 11 is 0. The Hall–Kier alpha value is -3.15. The van der Waals surface area contributed by atoms with Crippen molar-refractivity contribution in [3.63, 3.8) is 0 Å². The predicted octanol–water partition coefficient (Wildman–Crippen LogP) is 2.65. The first-order valence-corrected chi connectivity index (χ1v) is 7.95. The second kappa shape index (κ2) is 4.67. The van der Waals surface area contributed by atoms with E-state index in [0.717, 1.165) is 28.9 Å². The van der Waals surface area contributed by atoms with E-state index in [9.17, 15) is 4.79 Å². The van der Waals surface area contributed by atoms with Gasteiger partial charge in [-0.2, -0.15) is 0 Å². The lowest BCUT2D eigenvalue weighted by atomic mass is 10.3. The number of rotatable bonds is 1. The van der Waals surface area contributed by atoms with Gasteiger partial charge in [-0.1, -0.05) is 18.2 Å². The Bertz CT molecular complexity index is 1110. The molecule has 0 aliphatic carbocycles. The van der Waals surface area contributed by atoms with Crippen LogP contribution in [0.3, 0.4) is 0 Å². The van der Waals surface area contributed by atoms with E-state index in [2.05, 4.69) is 14.5 Å². The number of aromatic nitrogens is 4. The molecule has 6 heteroatoms. The number of carbonyl (C=O) groups is 1.